The quantitative estimate of drug-likeness (QED) is 0.455. The van der Waals surface area contributed by atoms with E-state index in [1.807, 2.05) is 24.8 Å². The van der Waals surface area contributed by atoms with Gasteiger partial charge in [0.25, 0.3) is 11.8 Å². The number of amides is 2. The Balaban J connectivity index is 1.70. The zero-order valence-electron chi connectivity index (χ0n) is 21.2. The minimum Gasteiger partial charge on any atom is -0.400 e. The molecule has 8 heteroatoms. The summed E-state index contributed by atoms with van der Waals surface area (Å²) >= 11 is 0. The highest BCUT2D eigenvalue weighted by atomic mass is 19.1. The largest absolute Gasteiger partial charge is 0.400 e. The number of nitrogens with one attached hydrogen (secondary N) is 1. The average Bonchev–Trinajstić information content (AvgIpc) is 3.35. The normalized spacial score (nSPS) is 22.1. The third-order valence-electron chi connectivity index (χ3n) is 6.64. The summed E-state index contributed by atoms with van der Waals surface area (Å²) in [4.78, 5) is 29.9. The van der Waals surface area contributed by atoms with Crippen molar-refractivity contribution in [1.29, 1.82) is 0 Å². The summed E-state index contributed by atoms with van der Waals surface area (Å²) in [5.41, 5.74) is 9.29. The van der Waals surface area contributed by atoms with Crippen molar-refractivity contribution in [3.05, 3.63) is 64.7 Å². The topological polar surface area (TPSA) is 87.9 Å². The summed E-state index contributed by atoms with van der Waals surface area (Å²) in [6.45, 7) is 14.6. The molecule has 2 aliphatic heterocycles. The van der Waals surface area contributed by atoms with Crippen LogP contribution in [0.1, 0.15) is 43.4 Å². The molecule has 190 valence electrons. The molecule has 0 radical (unpaired) electrons. The lowest BCUT2D eigenvalue weighted by Gasteiger charge is -2.41. The first kappa shape index (κ1) is 26.6. The van der Waals surface area contributed by atoms with Crippen molar-refractivity contribution in [3.8, 4) is 0 Å². The molecule has 0 aromatic heterocycles. The first-order valence-corrected chi connectivity index (χ1v) is 12.1. The Bertz CT molecular complexity index is 1040. The fraction of sp³-hybridized carbons (Fsp3) is 0.481. The van der Waals surface area contributed by atoms with Gasteiger partial charge in [0.2, 0.25) is 0 Å². The van der Waals surface area contributed by atoms with E-state index < -0.39 is 11.7 Å². The number of carbonyl (C=O) groups excluding carboxylic acids is 2. The maximum Gasteiger partial charge on any atom is 0.255 e. The molecular formula is C27H37FN4O3. The molecule has 2 amide bonds. The van der Waals surface area contributed by atoms with Crippen LogP contribution in [0.3, 0.4) is 0 Å². The fourth-order valence-corrected chi connectivity index (χ4v) is 4.59. The van der Waals surface area contributed by atoms with E-state index in [9.17, 15) is 14.0 Å². The molecule has 2 heterocycles. The summed E-state index contributed by atoms with van der Waals surface area (Å²) in [6, 6.07) is 4.11. The Kier molecular flexibility index (Phi) is 8.86. The fourth-order valence-electron chi connectivity index (χ4n) is 4.59. The van der Waals surface area contributed by atoms with Crippen molar-refractivity contribution in [1.82, 2.24) is 9.80 Å². The molecule has 3 rings (SSSR count). The number of benzene rings is 1. The highest BCUT2D eigenvalue weighted by molar-refractivity contribution is 6.06. The third kappa shape index (κ3) is 6.58. The number of piperazine rings is 1. The standard InChI is InChI=1S/C27H37FN4O3/c1-6-21(14-23(28)20(5)29)26(33)30-24-13-17(2)12-22(19(24)4)16-31-9-10-32(18(3)15-31)27(34)25-8-7-11-35-25/h6,12-14,18,25H,1,7-11,15-16,29H2,2-5H3,(H,30,33)/b21-14+,23-20+/t18-,25-/m0/s1. The summed E-state index contributed by atoms with van der Waals surface area (Å²) < 4.78 is 19.5. The second-order valence-electron chi connectivity index (χ2n) is 9.50. The van der Waals surface area contributed by atoms with E-state index in [2.05, 4.69) is 29.8 Å². The van der Waals surface area contributed by atoms with Crippen LogP contribution in [0.2, 0.25) is 0 Å². The molecule has 3 N–H and O–H groups in total. The number of nitrogens with zero attached hydrogens (tertiary/aromatic N) is 2. The summed E-state index contributed by atoms with van der Waals surface area (Å²) in [5, 5.41) is 2.89. The summed E-state index contributed by atoms with van der Waals surface area (Å²) in [6.07, 6.45) is 3.85. The van der Waals surface area contributed by atoms with Crippen molar-refractivity contribution in [2.75, 3.05) is 31.6 Å². The number of allylic oxidation sites excluding steroid dienone is 3. The van der Waals surface area contributed by atoms with E-state index in [0.717, 1.165) is 48.7 Å². The van der Waals surface area contributed by atoms with Gasteiger partial charge in [-0.05, 0) is 69.4 Å². The molecule has 0 bridgehead atoms. The number of nitrogens with two attached hydrogens (primary N) is 1. The maximum absolute atomic E-state index is 13.9. The lowest BCUT2D eigenvalue weighted by molar-refractivity contribution is -0.145. The zero-order valence-corrected chi connectivity index (χ0v) is 21.2. The van der Waals surface area contributed by atoms with E-state index >= 15 is 0 Å². The van der Waals surface area contributed by atoms with Gasteiger partial charge in [-0.15, -0.1) is 0 Å². The Morgan fingerprint density at radius 3 is 2.66 bits per heavy atom. The van der Waals surface area contributed by atoms with Crippen LogP contribution in [0.5, 0.6) is 0 Å². The van der Waals surface area contributed by atoms with Gasteiger partial charge < -0.3 is 20.7 Å². The number of carbonyl (C=O) groups is 2. The molecule has 1 aromatic carbocycles. The molecule has 35 heavy (non-hydrogen) atoms. The molecule has 2 saturated heterocycles. The average molecular weight is 485 g/mol. The second kappa shape index (κ2) is 11.6. The molecule has 7 nitrogen and oxygen atoms in total. The van der Waals surface area contributed by atoms with Gasteiger partial charge in [0, 0.05) is 55.8 Å². The van der Waals surface area contributed by atoms with Crippen LogP contribution < -0.4 is 11.1 Å². The Hall–Kier alpha value is -2.97. The van der Waals surface area contributed by atoms with Crippen LogP contribution >= 0.6 is 0 Å². The molecule has 2 aliphatic rings. The van der Waals surface area contributed by atoms with Gasteiger partial charge in [-0.25, -0.2) is 4.39 Å². The minimum absolute atomic E-state index is 0.00188. The van der Waals surface area contributed by atoms with Gasteiger partial charge in [-0.2, -0.15) is 0 Å². The molecule has 0 unspecified atom stereocenters. The predicted octanol–water partition coefficient (Wildman–Crippen LogP) is 3.73. The van der Waals surface area contributed by atoms with Crippen LogP contribution in [0, 0.1) is 13.8 Å². The molecule has 2 fully saturated rings. The number of hydrogen-bond acceptors (Lipinski definition) is 5. The number of hydrogen-bond donors (Lipinski definition) is 2. The smallest absolute Gasteiger partial charge is 0.255 e. The van der Waals surface area contributed by atoms with Gasteiger partial charge >= 0.3 is 0 Å². The van der Waals surface area contributed by atoms with Gasteiger partial charge in [-0.3, -0.25) is 14.5 Å². The first-order valence-electron chi connectivity index (χ1n) is 12.1. The summed E-state index contributed by atoms with van der Waals surface area (Å²) in [5.74, 6) is -1.01. The second-order valence-corrected chi connectivity index (χ2v) is 9.50. The molecule has 2 atom stereocenters. The van der Waals surface area contributed by atoms with E-state index in [1.54, 1.807) is 0 Å². The number of rotatable bonds is 7. The van der Waals surface area contributed by atoms with E-state index in [-0.39, 0.29) is 29.3 Å². The highest BCUT2D eigenvalue weighted by Crippen LogP contribution is 2.26. The Morgan fingerprint density at radius 2 is 2.06 bits per heavy atom. The van der Waals surface area contributed by atoms with Crippen molar-refractivity contribution < 1.29 is 18.7 Å². The number of ether oxygens (including phenoxy) is 1. The highest BCUT2D eigenvalue weighted by Gasteiger charge is 2.34. The van der Waals surface area contributed by atoms with Crippen LogP contribution in [0.4, 0.5) is 10.1 Å². The van der Waals surface area contributed by atoms with Gasteiger partial charge in [0.15, 0.2) is 0 Å². The minimum atomic E-state index is -0.664. The van der Waals surface area contributed by atoms with Crippen molar-refractivity contribution in [3.63, 3.8) is 0 Å². The van der Waals surface area contributed by atoms with Crippen LogP contribution in [-0.2, 0) is 20.9 Å². The zero-order chi connectivity index (χ0) is 25.7. The van der Waals surface area contributed by atoms with E-state index in [0.29, 0.717) is 25.4 Å². The van der Waals surface area contributed by atoms with Gasteiger partial charge in [-0.1, -0.05) is 18.7 Å². The Morgan fingerprint density at radius 1 is 1.31 bits per heavy atom. The van der Waals surface area contributed by atoms with Crippen molar-refractivity contribution >= 4 is 17.5 Å². The van der Waals surface area contributed by atoms with Crippen LogP contribution in [0.15, 0.2) is 48.0 Å². The molecule has 0 saturated carbocycles. The lowest BCUT2D eigenvalue weighted by Crippen LogP contribution is -2.55. The Labute approximate surface area is 207 Å². The predicted molar refractivity (Wildman–Crippen MR) is 136 cm³/mol. The first-order chi connectivity index (χ1) is 16.6. The van der Waals surface area contributed by atoms with Crippen LogP contribution in [0.25, 0.3) is 0 Å². The molecule has 0 aliphatic carbocycles. The van der Waals surface area contributed by atoms with E-state index in [4.69, 9.17) is 10.5 Å². The van der Waals surface area contributed by atoms with Gasteiger partial charge in [0.1, 0.15) is 11.9 Å². The SMILES string of the molecule is C=C/C(=C\C(F)=C(\C)N)C(=O)Nc1cc(C)cc(CN2CCN(C(=O)[C@@H]3CCCO3)[C@@H](C)C2)c1C. The third-order valence-corrected chi connectivity index (χ3v) is 6.64. The van der Waals surface area contributed by atoms with Crippen molar-refractivity contribution in [2.24, 2.45) is 5.73 Å². The lowest BCUT2D eigenvalue weighted by atomic mass is 10.0. The van der Waals surface area contributed by atoms with Crippen LogP contribution in [-0.4, -0.2) is 60.0 Å². The number of anilines is 1. The molecular weight excluding hydrogens is 447 g/mol. The van der Waals surface area contributed by atoms with Gasteiger partial charge in [0.05, 0.1) is 0 Å². The summed E-state index contributed by atoms with van der Waals surface area (Å²) in [7, 11) is 0. The number of halogens is 1. The molecule has 0 spiro atoms. The van der Waals surface area contributed by atoms with Crippen molar-refractivity contribution in [2.45, 2.75) is 59.2 Å². The maximum atomic E-state index is 13.9. The molecule has 1 aromatic rings. The number of aryl methyl sites for hydroxylation is 1. The van der Waals surface area contributed by atoms with E-state index in [1.165, 1.54) is 13.0 Å². The monoisotopic (exact) mass is 484 g/mol.